The van der Waals surface area contributed by atoms with Crippen LogP contribution in [0, 0.1) is 16.7 Å². The van der Waals surface area contributed by atoms with Gasteiger partial charge in [-0.3, -0.25) is 4.90 Å². The molecular weight excluding hydrogens is 277 g/mol. The predicted octanol–water partition coefficient (Wildman–Crippen LogP) is 0.601. The first kappa shape index (κ1) is 16.8. The van der Waals surface area contributed by atoms with Crippen LogP contribution in [0.5, 0.6) is 0 Å². The van der Waals surface area contributed by atoms with Crippen LogP contribution in [0.15, 0.2) is 35.3 Å². The summed E-state index contributed by atoms with van der Waals surface area (Å²) in [5.74, 6) is 0.541. The van der Waals surface area contributed by atoms with Gasteiger partial charge in [-0.2, -0.15) is 0 Å². The SMILES string of the molecule is BCCC1=C(O)C(C)(C2CN(C/C(C=N)=C/N)C2)C(O)C=C1. The van der Waals surface area contributed by atoms with E-state index >= 15 is 0 Å². The van der Waals surface area contributed by atoms with Crippen molar-refractivity contribution in [3.63, 3.8) is 0 Å². The topological polar surface area (TPSA) is 93.6 Å². The molecule has 2 unspecified atom stereocenters. The third-order valence-electron chi connectivity index (χ3n) is 5.04. The van der Waals surface area contributed by atoms with Crippen molar-refractivity contribution in [3.8, 4) is 0 Å². The van der Waals surface area contributed by atoms with E-state index in [0.29, 0.717) is 12.3 Å². The van der Waals surface area contributed by atoms with Crippen molar-refractivity contribution in [1.29, 1.82) is 5.41 Å². The van der Waals surface area contributed by atoms with Crippen molar-refractivity contribution < 1.29 is 10.2 Å². The molecule has 1 saturated heterocycles. The molecule has 2 aliphatic rings. The molecule has 2 atom stereocenters. The van der Waals surface area contributed by atoms with Crippen molar-refractivity contribution in [3.05, 3.63) is 35.3 Å². The number of nitrogens with zero attached hydrogens (tertiary/aromatic N) is 1. The fourth-order valence-corrected chi connectivity index (χ4v) is 3.36. The van der Waals surface area contributed by atoms with Crippen molar-refractivity contribution in [2.75, 3.05) is 19.6 Å². The Kier molecular flexibility index (Phi) is 5.14. The molecule has 1 aliphatic carbocycles. The van der Waals surface area contributed by atoms with Gasteiger partial charge in [0, 0.05) is 25.8 Å². The van der Waals surface area contributed by atoms with E-state index in [4.69, 9.17) is 11.1 Å². The monoisotopic (exact) mass is 303 g/mol. The molecule has 1 heterocycles. The lowest BCUT2D eigenvalue weighted by Gasteiger charge is -2.51. The highest BCUT2D eigenvalue weighted by Crippen LogP contribution is 2.46. The molecule has 0 bridgehead atoms. The maximum atomic E-state index is 10.7. The molecule has 0 aromatic rings. The van der Waals surface area contributed by atoms with Gasteiger partial charge < -0.3 is 21.4 Å². The zero-order chi connectivity index (χ0) is 16.3. The second kappa shape index (κ2) is 6.71. The fraction of sp³-hybridized carbons (Fsp3) is 0.562. The second-order valence-corrected chi connectivity index (χ2v) is 6.49. The van der Waals surface area contributed by atoms with Gasteiger partial charge in [0.25, 0.3) is 0 Å². The first-order valence-electron chi connectivity index (χ1n) is 7.89. The molecule has 0 saturated carbocycles. The van der Waals surface area contributed by atoms with Crippen LogP contribution in [-0.2, 0) is 0 Å². The normalized spacial score (nSPS) is 30.5. The van der Waals surface area contributed by atoms with Crippen molar-refractivity contribution in [1.82, 2.24) is 4.90 Å². The van der Waals surface area contributed by atoms with Gasteiger partial charge in [-0.05, 0) is 36.6 Å². The molecule has 22 heavy (non-hydrogen) atoms. The van der Waals surface area contributed by atoms with Crippen LogP contribution in [0.25, 0.3) is 0 Å². The predicted molar refractivity (Wildman–Crippen MR) is 91.9 cm³/mol. The number of nitrogens with two attached hydrogens (primary N) is 1. The Balaban J connectivity index is 2.08. The fourth-order valence-electron chi connectivity index (χ4n) is 3.36. The van der Waals surface area contributed by atoms with Gasteiger partial charge in [-0.1, -0.05) is 18.5 Å². The summed E-state index contributed by atoms with van der Waals surface area (Å²) in [6.45, 7) is 4.17. The molecule has 0 spiro atoms. The van der Waals surface area contributed by atoms with E-state index in [1.807, 2.05) is 13.0 Å². The number of nitrogens with one attached hydrogen (secondary N) is 1. The van der Waals surface area contributed by atoms with Crippen molar-refractivity contribution in [2.24, 2.45) is 17.1 Å². The van der Waals surface area contributed by atoms with Crippen LogP contribution in [0.1, 0.15) is 13.3 Å². The van der Waals surface area contributed by atoms with Crippen molar-refractivity contribution in [2.45, 2.75) is 25.8 Å². The quantitative estimate of drug-likeness (QED) is 0.427. The largest absolute Gasteiger partial charge is 0.511 e. The highest BCUT2D eigenvalue weighted by molar-refractivity contribution is 6.08. The standard InChI is InChI=1S/C16H26BN3O2/c1-16(13-9-20(10-13)8-11(6-18)7-19)14(21)3-2-12(4-5-17)15(16)22/h2-3,6-7,13-14,18,21-22H,4-5,8-10,17,19H2,1H3/b11-7+,18-6?. The molecule has 1 fully saturated rings. The van der Waals surface area contributed by atoms with E-state index in [9.17, 15) is 10.2 Å². The zero-order valence-electron chi connectivity index (χ0n) is 13.4. The summed E-state index contributed by atoms with van der Waals surface area (Å²) in [7, 11) is 2.08. The lowest BCUT2D eigenvalue weighted by molar-refractivity contribution is -0.0503. The van der Waals surface area contributed by atoms with E-state index in [1.54, 1.807) is 6.08 Å². The zero-order valence-corrected chi connectivity index (χ0v) is 13.4. The molecule has 0 aromatic heterocycles. The van der Waals surface area contributed by atoms with Crippen LogP contribution in [0.2, 0.25) is 6.32 Å². The van der Waals surface area contributed by atoms with Crippen LogP contribution in [0.4, 0.5) is 0 Å². The minimum Gasteiger partial charge on any atom is -0.511 e. The van der Waals surface area contributed by atoms with Gasteiger partial charge in [-0.15, -0.1) is 0 Å². The maximum Gasteiger partial charge on any atom is 0.105 e. The number of aliphatic hydroxyl groups is 2. The summed E-state index contributed by atoms with van der Waals surface area (Å²) in [5.41, 5.74) is 6.57. The molecule has 0 radical (unpaired) electrons. The highest BCUT2D eigenvalue weighted by atomic mass is 16.3. The van der Waals surface area contributed by atoms with Crippen molar-refractivity contribution >= 4 is 14.1 Å². The summed E-state index contributed by atoms with van der Waals surface area (Å²) in [6.07, 6.45) is 7.52. The van der Waals surface area contributed by atoms with Crippen LogP contribution < -0.4 is 5.73 Å². The van der Waals surface area contributed by atoms with Gasteiger partial charge >= 0.3 is 0 Å². The molecule has 2 rings (SSSR count). The minimum atomic E-state index is -0.660. The second-order valence-electron chi connectivity index (χ2n) is 6.49. The number of hydrogen-bond acceptors (Lipinski definition) is 5. The summed E-state index contributed by atoms with van der Waals surface area (Å²) >= 11 is 0. The Morgan fingerprint density at radius 2 is 2.27 bits per heavy atom. The van der Waals surface area contributed by atoms with Gasteiger partial charge in [0.15, 0.2) is 0 Å². The number of rotatable bonds is 6. The van der Waals surface area contributed by atoms with Crippen LogP contribution in [-0.4, -0.2) is 54.9 Å². The Bertz CT molecular complexity index is 523. The maximum absolute atomic E-state index is 10.7. The minimum absolute atomic E-state index is 0.198. The third-order valence-corrected chi connectivity index (χ3v) is 5.04. The van der Waals surface area contributed by atoms with Gasteiger partial charge in [-0.25, -0.2) is 0 Å². The van der Waals surface area contributed by atoms with E-state index in [1.165, 1.54) is 12.4 Å². The Morgan fingerprint density at radius 3 is 2.82 bits per heavy atom. The Labute approximate surface area is 133 Å². The molecule has 5 N–H and O–H groups in total. The summed E-state index contributed by atoms with van der Waals surface area (Å²) in [5, 5.41) is 28.4. The third kappa shape index (κ3) is 2.85. The Morgan fingerprint density at radius 1 is 1.59 bits per heavy atom. The Hall–Kier alpha value is -1.53. The molecule has 5 nitrogen and oxygen atoms in total. The first-order valence-corrected chi connectivity index (χ1v) is 7.89. The lowest BCUT2D eigenvalue weighted by Crippen LogP contribution is -2.58. The van der Waals surface area contributed by atoms with Crippen LogP contribution in [0.3, 0.4) is 0 Å². The molecule has 120 valence electrons. The molecule has 0 amide bonds. The summed E-state index contributed by atoms with van der Waals surface area (Å²) in [6, 6.07) is 0. The van der Waals surface area contributed by atoms with E-state index in [-0.39, 0.29) is 5.92 Å². The smallest absolute Gasteiger partial charge is 0.105 e. The summed E-state index contributed by atoms with van der Waals surface area (Å²) < 4.78 is 0. The number of aliphatic hydroxyl groups excluding tert-OH is 2. The number of hydrogen-bond donors (Lipinski definition) is 4. The first-order chi connectivity index (χ1) is 10.5. The molecular formula is C16H26BN3O2. The van der Waals surface area contributed by atoms with E-state index in [0.717, 1.165) is 37.0 Å². The molecule has 0 aromatic carbocycles. The average molecular weight is 303 g/mol. The molecule has 6 heteroatoms. The van der Waals surface area contributed by atoms with Gasteiger partial charge in [0.2, 0.25) is 0 Å². The molecule has 1 aliphatic heterocycles. The van der Waals surface area contributed by atoms with E-state index in [2.05, 4.69) is 12.7 Å². The van der Waals surface area contributed by atoms with Gasteiger partial charge in [0.05, 0.1) is 11.5 Å². The van der Waals surface area contributed by atoms with Crippen LogP contribution >= 0.6 is 0 Å². The van der Waals surface area contributed by atoms with E-state index < -0.39 is 11.5 Å². The van der Waals surface area contributed by atoms with Gasteiger partial charge in [0.1, 0.15) is 13.6 Å². The number of likely N-dealkylation sites (tertiary alicyclic amines) is 1. The summed E-state index contributed by atoms with van der Waals surface area (Å²) in [4.78, 5) is 2.18. The number of allylic oxidation sites excluding steroid dienone is 2. The lowest BCUT2D eigenvalue weighted by atomic mass is 9.64. The average Bonchev–Trinajstić information content (AvgIpc) is 2.47. The highest BCUT2D eigenvalue weighted by Gasteiger charge is 2.50.